The number of aliphatic hydroxyl groups is 1. The Bertz CT molecular complexity index is 947. The van der Waals surface area contributed by atoms with E-state index >= 15 is 0 Å². The number of carbonyl (C=O) groups is 3. The van der Waals surface area contributed by atoms with Gasteiger partial charge >= 0.3 is 17.9 Å². The van der Waals surface area contributed by atoms with Crippen molar-refractivity contribution in [2.24, 2.45) is 17.6 Å². The zero-order chi connectivity index (χ0) is 26.0. The Morgan fingerprint density at radius 2 is 1.34 bits per heavy atom. The smallest absolute Gasteiger partial charge is 0.326 e. The normalized spacial score (nSPS) is 15.4. The summed E-state index contributed by atoms with van der Waals surface area (Å²) < 4.78 is 16.7. The van der Waals surface area contributed by atoms with E-state index in [0.29, 0.717) is 0 Å². The molecule has 0 bridgehead atoms. The third-order valence-electron chi connectivity index (χ3n) is 5.50. The van der Waals surface area contributed by atoms with Gasteiger partial charge in [-0.15, -0.1) is 0 Å². The Morgan fingerprint density at radius 3 is 1.86 bits per heavy atom. The minimum Gasteiger partial charge on any atom is -0.460 e. The second kappa shape index (κ2) is 13.6. The summed E-state index contributed by atoms with van der Waals surface area (Å²) in [7, 11) is 0. The van der Waals surface area contributed by atoms with Gasteiger partial charge in [0.05, 0.1) is 12.0 Å². The number of rotatable bonds is 12. The molecule has 0 aliphatic heterocycles. The Kier molecular flexibility index (Phi) is 10.9. The van der Waals surface area contributed by atoms with Crippen LogP contribution in [0.1, 0.15) is 38.8 Å². The van der Waals surface area contributed by atoms with Gasteiger partial charge in [0.15, 0.2) is 6.10 Å². The van der Waals surface area contributed by atoms with Crippen molar-refractivity contribution in [3.8, 4) is 0 Å². The topological polar surface area (TPSA) is 125 Å². The van der Waals surface area contributed by atoms with E-state index in [2.05, 4.69) is 0 Å². The van der Waals surface area contributed by atoms with E-state index in [1.54, 1.807) is 13.8 Å². The van der Waals surface area contributed by atoms with Gasteiger partial charge in [-0.3, -0.25) is 14.4 Å². The van der Waals surface area contributed by atoms with Crippen molar-refractivity contribution in [3.05, 3.63) is 71.8 Å². The van der Waals surface area contributed by atoms with Crippen molar-refractivity contribution in [1.82, 2.24) is 0 Å². The van der Waals surface area contributed by atoms with Crippen molar-refractivity contribution < 1.29 is 33.7 Å². The molecule has 8 heteroatoms. The van der Waals surface area contributed by atoms with Crippen LogP contribution >= 0.6 is 0 Å². The molecular weight excluding hydrogens is 450 g/mol. The van der Waals surface area contributed by atoms with Gasteiger partial charge in [-0.25, -0.2) is 0 Å². The van der Waals surface area contributed by atoms with Crippen molar-refractivity contribution in [2.45, 2.75) is 65.1 Å². The van der Waals surface area contributed by atoms with E-state index in [1.807, 2.05) is 60.7 Å². The average molecular weight is 486 g/mol. The van der Waals surface area contributed by atoms with Crippen molar-refractivity contribution in [3.63, 3.8) is 0 Å². The van der Waals surface area contributed by atoms with Crippen molar-refractivity contribution in [1.29, 1.82) is 0 Å². The summed E-state index contributed by atoms with van der Waals surface area (Å²) >= 11 is 0. The number of esters is 3. The predicted octanol–water partition coefficient (Wildman–Crippen LogP) is 2.80. The molecule has 0 amide bonds. The van der Waals surface area contributed by atoms with Crippen LogP contribution in [0.15, 0.2) is 60.7 Å². The minimum absolute atomic E-state index is 0.0386. The zero-order valence-corrected chi connectivity index (χ0v) is 20.6. The second-order valence-corrected chi connectivity index (χ2v) is 8.85. The third-order valence-corrected chi connectivity index (χ3v) is 5.50. The molecule has 0 aromatic heterocycles. The summed E-state index contributed by atoms with van der Waals surface area (Å²) in [5, 5.41) is 9.65. The second-order valence-electron chi connectivity index (χ2n) is 8.85. The summed E-state index contributed by atoms with van der Waals surface area (Å²) in [6.07, 6.45) is -3.12. The lowest BCUT2D eigenvalue weighted by Crippen LogP contribution is -2.48. The fourth-order valence-corrected chi connectivity index (χ4v) is 3.34. The van der Waals surface area contributed by atoms with Crippen LogP contribution < -0.4 is 5.73 Å². The van der Waals surface area contributed by atoms with Crippen LogP contribution in [0, 0.1) is 11.8 Å². The SMILES string of the molecule is CC(C)C(=O)OC([C@H](C)OC(=O)C(N)[C@@H](C)O)[C@@H](Cc1ccccc1)C(=O)OCc1ccccc1. The van der Waals surface area contributed by atoms with E-state index in [-0.39, 0.29) is 13.0 Å². The highest BCUT2D eigenvalue weighted by atomic mass is 16.6. The van der Waals surface area contributed by atoms with Gasteiger partial charge < -0.3 is 25.1 Å². The number of hydrogen-bond donors (Lipinski definition) is 2. The van der Waals surface area contributed by atoms with E-state index in [1.165, 1.54) is 13.8 Å². The van der Waals surface area contributed by atoms with Gasteiger partial charge in [-0.2, -0.15) is 0 Å². The maximum absolute atomic E-state index is 13.3. The number of aliphatic hydroxyl groups excluding tert-OH is 1. The molecule has 35 heavy (non-hydrogen) atoms. The first kappa shape index (κ1) is 28.0. The Labute approximate surface area is 206 Å². The molecule has 2 rings (SSSR count). The molecule has 0 fully saturated rings. The molecule has 190 valence electrons. The highest BCUT2D eigenvalue weighted by Crippen LogP contribution is 2.24. The number of ether oxygens (including phenoxy) is 3. The molecular formula is C27H35NO7. The van der Waals surface area contributed by atoms with Crippen LogP contribution in [0.25, 0.3) is 0 Å². The van der Waals surface area contributed by atoms with Crippen LogP contribution in [-0.2, 0) is 41.6 Å². The first-order valence-corrected chi connectivity index (χ1v) is 11.7. The summed E-state index contributed by atoms with van der Waals surface area (Å²) in [5.74, 6) is -3.45. The van der Waals surface area contributed by atoms with Gasteiger partial charge in [-0.1, -0.05) is 74.5 Å². The van der Waals surface area contributed by atoms with E-state index in [4.69, 9.17) is 19.9 Å². The lowest BCUT2D eigenvalue weighted by atomic mass is 9.90. The molecule has 2 aromatic carbocycles. The Morgan fingerprint density at radius 1 is 0.800 bits per heavy atom. The molecule has 2 unspecified atom stereocenters. The van der Waals surface area contributed by atoms with Gasteiger partial charge in [0.2, 0.25) is 0 Å². The standard InChI is InChI=1S/C27H35NO7/c1-17(2)25(30)35-24(19(4)34-27(32)23(28)18(3)29)22(15-20-11-7-5-8-12-20)26(31)33-16-21-13-9-6-10-14-21/h5-14,17-19,22-24,29H,15-16,28H2,1-4H3/t18-,19+,22-,23?,24?/m1/s1. The molecule has 0 heterocycles. The van der Waals surface area contributed by atoms with E-state index in [9.17, 15) is 19.5 Å². The highest BCUT2D eigenvalue weighted by Gasteiger charge is 2.40. The van der Waals surface area contributed by atoms with Crippen LogP contribution in [0.5, 0.6) is 0 Å². The molecule has 0 radical (unpaired) electrons. The molecule has 0 aliphatic rings. The van der Waals surface area contributed by atoms with Gasteiger partial charge in [0.25, 0.3) is 0 Å². The lowest BCUT2D eigenvalue weighted by molar-refractivity contribution is -0.181. The maximum atomic E-state index is 13.3. The number of nitrogens with two attached hydrogens (primary N) is 1. The fraction of sp³-hybridized carbons (Fsp3) is 0.444. The van der Waals surface area contributed by atoms with Gasteiger partial charge in [0, 0.05) is 0 Å². The van der Waals surface area contributed by atoms with E-state index < -0.39 is 54.1 Å². The molecule has 8 nitrogen and oxygen atoms in total. The van der Waals surface area contributed by atoms with Crippen LogP contribution in [0.4, 0.5) is 0 Å². The summed E-state index contributed by atoms with van der Waals surface area (Å²) in [6, 6.07) is 17.1. The van der Waals surface area contributed by atoms with Gasteiger partial charge in [0.1, 0.15) is 24.7 Å². The number of carbonyl (C=O) groups excluding carboxylic acids is 3. The summed E-state index contributed by atoms with van der Waals surface area (Å²) in [6.45, 7) is 6.26. The molecule has 0 saturated heterocycles. The average Bonchev–Trinajstić information content (AvgIpc) is 2.84. The maximum Gasteiger partial charge on any atom is 0.326 e. The highest BCUT2D eigenvalue weighted by molar-refractivity contribution is 5.78. The number of hydrogen-bond acceptors (Lipinski definition) is 8. The molecule has 2 aromatic rings. The summed E-state index contributed by atoms with van der Waals surface area (Å²) in [5.41, 5.74) is 7.33. The molecule has 3 N–H and O–H groups in total. The van der Waals surface area contributed by atoms with Crippen LogP contribution in [-0.4, -0.2) is 47.4 Å². The van der Waals surface area contributed by atoms with Crippen LogP contribution in [0.3, 0.4) is 0 Å². The molecule has 0 saturated carbocycles. The fourth-order valence-electron chi connectivity index (χ4n) is 3.34. The molecule has 0 aliphatic carbocycles. The third kappa shape index (κ3) is 8.81. The van der Waals surface area contributed by atoms with Gasteiger partial charge in [-0.05, 0) is 31.4 Å². The largest absolute Gasteiger partial charge is 0.460 e. The first-order valence-electron chi connectivity index (χ1n) is 11.7. The van der Waals surface area contributed by atoms with Crippen molar-refractivity contribution in [2.75, 3.05) is 0 Å². The van der Waals surface area contributed by atoms with Crippen molar-refractivity contribution >= 4 is 17.9 Å². The Hall–Kier alpha value is -3.23. The predicted molar refractivity (Wildman–Crippen MR) is 130 cm³/mol. The number of benzene rings is 2. The summed E-state index contributed by atoms with van der Waals surface area (Å²) in [4.78, 5) is 38.3. The minimum atomic E-state index is -1.28. The zero-order valence-electron chi connectivity index (χ0n) is 20.6. The first-order chi connectivity index (χ1) is 16.6. The lowest BCUT2D eigenvalue weighted by Gasteiger charge is -2.31. The monoisotopic (exact) mass is 485 g/mol. The van der Waals surface area contributed by atoms with Crippen LogP contribution in [0.2, 0.25) is 0 Å². The molecule has 5 atom stereocenters. The quantitative estimate of drug-likeness (QED) is 0.347. The molecule has 0 spiro atoms. The Balaban J connectivity index is 2.34. The van der Waals surface area contributed by atoms with E-state index in [0.717, 1.165) is 11.1 Å².